The molecule has 18 heavy (non-hydrogen) atoms. The van der Waals surface area contributed by atoms with Crippen LogP contribution in [0.15, 0.2) is 18.2 Å². The van der Waals surface area contributed by atoms with Gasteiger partial charge >= 0.3 is 0 Å². The molecule has 0 radical (unpaired) electrons. The van der Waals surface area contributed by atoms with Crippen LogP contribution in [0.5, 0.6) is 5.75 Å². The Morgan fingerprint density at radius 1 is 1.44 bits per heavy atom. The summed E-state index contributed by atoms with van der Waals surface area (Å²) in [6.45, 7) is 5.54. The molecule has 1 aliphatic heterocycles. The highest BCUT2D eigenvalue weighted by molar-refractivity contribution is 5.78. The van der Waals surface area contributed by atoms with E-state index in [1.807, 2.05) is 17.9 Å². The summed E-state index contributed by atoms with van der Waals surface area (Å²) in [4.78, 5) is 14.2. The van der Waals surface area contributed by atoms with Crippen molar-refractivity contribution < 1.29 is 9.90 Å². The maximum atomic E-state index is 12.2. The van der Waals surface area contributed by atoms with E-state index in [2.05, 4.69) is 6.92 Å². The van der Waals surface area contributed by atoms with Gasteiger partial charge in [0.25, 0.3) is 0 Å². The molecule has 1 unspecified atom stereocenters. The van der Waals surface area contributed by atoms with Crippen LogP contribution in [0.3, 0.4) is 0 Å². The zero-order valence-corrected chi connectivity index (χ0v) is 11.1. The molecule has 0 fully saturated rings. The molecule has 1 amide bonds. The number of fused-ring (bicyclic) bond motifs is 1. The first kappa shape index (κ1) is 12.9. The van der Waals surface area contributed by atoms with E-state index < -0.39 is 0 Å². The SMILES string of the molecule is CCCC(C)C(=O)N1CCc2ccc(O)cc2C1. The highest BCUT2D eigenvalue weighted by Crippen LogP contribution is 2.24. The average Bonchev–Trinajstić information content (AvgIpc) is 2.37. The molecule has 1 aromatic rings. The largest absolute Gasteiger partial charge is 0.508 e. The van der Waals surface area contributed by atoms with Crippen LogP contribution in [0, 0.1) is 5.92 Å². The number of hydrogen-bond acceptors (Lipinski definition) is 2. The van der Waals surface area contributed by atoms with Gasteiger partial charge in [-0.2, -0.15) is 0 Å². The van der Waals surface area contributed by atoms with Crippen LogP contribution in [0.25, 0.3) is 0 Å². The second-order valence-corrected chi connectivity index (χ2v) is 5.15. The van der Waals surface area contributed by atoms with Gasteiger partial charge in [0.05, 0.1) is 0 Å². The molecular weight excluding hydrogens is 226 g/mol. The van der Waals surface area contributed by atoms with Crippen molar-refractivity contribution in [2.45, 2.75) is 39.7 Å². The summed E-state index contributed by atoms with van der Waals surface area (Å²) in [5, 5.41) is 9.50. The molecule has 0 bridgehead atoms. The molecule has 1 N–H and O–H groups in total. The molecule has 1 aliphatic rings. The maximum Gasteiger partial charge on any atom is 0.225 e. The molecule has 98 valence electrons. The van der Waals surface area contributed by atoms with Gasteiger partial charge in [0, 0.05) is 19.0 Å². The number of phenols is 1. The Balaban J connectivity index is 2.09. The smallest absolute Gasteiger partial charge is 0.225 e. The van der Waals surface area contributed by atoms with Crippen molar-refractivity contribution in [1.29, 1.82) is 0 Å². The van der Waals surface area contributed by atoms with Crippen molar-refractivity contribution in [3.05, 3.63) is 29.3 Å². The number of phenolic OH excluding ortho intramolecular Hbond substituents is 1. The van der Waals surface area contributed by atoms with Crippen molar-refractivity contribution in [2.24, 2.45) is 5.92 Å². The molecule has 0 spiro atoms. The minimum Gasteiger partial charge on any atom is -0.508 e. The van der Waals surface area contributed by atoms with Crippen LogP contribution in [0.4, 0.5) is 0 Å². The zero-order chi connectivity index (χ0) is 13.1. The quantitative estimate of drug-likeness (QED) is 0.892. The van der Waals surface area contributed by atoms with E-state index in [1.165, 1.54) is 5.56 Å². The van der Waals surface area contributed by atoms with E-state index in [0.29, 0.717) is 6.54 Å². The zero-order valence-electron chi connectivity index (χ0n) is 11.1. The third-order valence-electron chi connectivity index (χ3n) is 3.66. The molecule has 1 heterocycles. The van der Waals surface area contributed by atoms with Gasteiger partial charge in [-0.25, -0.2) is 0 Å². The van der Waals surface area contributed by atoms with Crippen LogP contribution >= 0.6 is 0 Å². The number of amides is 1. The van der Waals surface area contributed by atoms with Crippen molar-refractivity contribution in [3.63, 3.8) is 0 Å². The molecule has 0 saturated carbocycles. The van der Waals surface area contributed by atoms with E-state index in [-0.39, 0.29) is 17.6 Å². The van der Waals surface area contributed by atoms with Gasteiger partial charge in [-0.15, -0.1) is 0 Å². The average molecular weight is 247 g/mol. The van der Waals surface area contributed by atoms with Gasteiger partial charge in [-0.3, -0.25) is 4.79 Å². The Bertz CT molecular complexity index is 442. The van der Waals surface area contributed by atoms with Crippen LogP contribution in [0.1, 0.15) is 37.8 Å². The molecule has 2 rings (SSSR count). The summed E-state index contributed by atoms with van der Waals surface area (Å²) >= 11 is 0. The topological polar surface area (TPSA) is 40.5 Å². The van der Waals surface area contributed by atoms with Crippen LogP contribution in [0.2, 0.25) is 0 Å². The number of rotatable bonds is 3. The number of aromatic hydroxyl groups is 1. The summed E-state index contributed by atoms with van der Waals surface area (Å²) in [5.41, 5.74) is 2.33. The summed E-state index contributed by atoms with van der Waals surface area (Å²) in [5.74, 6) is 0.629. The molecule has 0 aromatic heterocycles. The fourth-order valence-electron chi connectivity index (χ4n) is 2.60. The van der Waals surface area contributed by atoms with E-state index in [9.17, 15) is 9.90 Å². The first-order valence-electron chi connectivity index (χ1n) is 6.71. The summed E-state index contributed by atoms with van der Waals surface area (Å²) < 4.78 is 0. The van der Waals surface area contributed by atoms with E-state index >= 15 is 0 Å². The number of carbonyl (C=O) groups is 1. The van der Waals surface area contributed by atoms with Crippen molar-refractivity contribution in [3.8, 4) is 5.75 Å². The Labute approximate surface area is 108 Å². The van der Waals surface area contributed by atoms with Gasteiger partial charge in [0.1, 0.15) is 5.75 Å². The minimum absolute atomic E-state index is 0.105. The van der Waals surface area contributed by atoms with Gasteiger partial charge in [0.2, 0.25) is 5.91 Å². The molecule has 0 saturated heterocycles. The summed E-state index contributed by atoms with van der Waals surface area (Å²) in [6, 6.07) is 5.46. The maximum absolute atomic E-state index is 12.2. The first-order valence-corrected chi connectivity index (χ1v) is 6.71. The van der Waals surface area contributed by atoms with Crippen LogP contribution in [-0.4, -0.2) is 22.5 Å². The van der Waals surface area contributed by atoms with Gasteiger partial charge in [-0.1, -0.05) is 26.3 Å². The van der Waals surface area contributed by atoms with E-state index in [4.69, 9.17) is 0 Å². The lowest BCUT2D eigenvalue weighted by atomic mass is 9.97. The molecule has 3 heteroatoms. The van der Waals surface area contributed by atoms with Crippen LogP contribution < -0.4 is 0 Å². The Hall–Kier alpha value is -1.51. The lowest BCUT2D eigenvalue weighted by Crippen LogP contribution is -2.39. The lowest BCUT2D eigenvalue weighted by Gasteiger charge is -2.31. The van der Waals surface area contributed by atoms with Crippen molar-refractivity contribution in [1.82, 2.24) is 4.90 Å². The Morgan fingerprint density at radius 3 is 2.94 bits per heavy atom. The predicted octanol–water partition coefficient (Wildman–Crippen LogP) is 2.71. The number of hydrogen-bond donors (Lipinski definition) is 1. The molecule has 3 nitrogen and oxygen atoms in total. The molecule has 1 atom stereocenters. The second-order valence-electron chi connectivity index (χ2n) is 5.15. The number of carbonyl (C=O) groups excluding carboxylic acids is 1. The number of benzene rings is 1. The van der Waals surface area contributed by atoms with Crippen molar-refractivity contribution in [2.75, 3.05) is 6.54 Å². The third kappa shape index (κ3) is 2.66. The fraction of sp³-hybridized carbons (Fsp3) is 0.533. The van der Waals surface area contributed by atoms with Crippen molar-refractivity contribution >= 4 is 5.91 Å². The first-order chi connectivity index (χ1) is 8.61. The van der Waals surface area contributed by atoms with E-state index in [1.54, 1.807) is 12.1 Å². The predicted molar refractivity (Wildman–Crippen MR) is 71.3 cm³/mol. The molecule has 0 aliphatic carbocycles. The Kier molecular flexibility index (Phi) is 3.90. The summed E-state index contributed by atoms with van der Waals surface area (Å²) in [7, 11) is 0. The van der Waals surface area contributed by atoms with E-state index in [0.717, 1.165) is 31.4 Å². The minimum atomic E-state index is 0.105. The number of nitrogens with zero attached hydrogens (tertiary/aromatic N) is 1. The highest BCUT2D eigenvalue weighted by Gasteiger charge is 2.24. The monoisotopic (exact) mass is 247 g/mol. The highest BCUT2D eigenvalue weighted by atomic mass is 16.3. The second kappa shape index (κ2) is 5.42. The summed E-state index contributed by atoms with van der Waals surface area (Å²) in [6.07, 6.45) is 2.88. The van der Waals surface area contributed by atoms with Gasteiger partial charge < -0.3 is 10.0 Å². The van der Waals surface area contributed by atoms with Gasteiger partial charge in [0.15, 0.2) is 0 Å². The Morgan fingerprint density at radius 2 is 2.22 bits per heavy atom. The lowest BCUT2D eigenvalue weighted by molar-refractivity contribution is -0.136. The standard InChI is InChI=1S/C15H21NO2/c1-3-4-11(2)15(18)16-8-7-12-5-6-14(17)9-13(12)10-16/h5-6,9,11,17H,3-4,7-8,10H2,1-2H3. The van der Waals surface area contributed by atoms with Gasteiger partial charge in [-0.05, 0) is 36.1 Å². The van der Waals surface area contributed by atoms with Crippen LogP contribution in [-0.2, 0) is 17.8 Å². The normalized spacial score (nSPS) is 16.2. The third-order valence-corrected chi connectivity index (χ3v) is 3.66. The molecule has 1 aromatic carbocycles. The fourth-order valence-corrected chi connectivity index (χ4v) is 2.60. The molecular formula is C15H21NO2.